The van der Waals surface area contributed by atoms with E-state index in [0.29, 0.717) is 11.6 Å². The van der Waals surface area contributed by atoms with E-state index in [1.807, 2.05) is 0 Å². The number of nitrogens with one attached hydrogen (secondary N) is 3. The molecule has 106 valence electrons. The summed E-state index contributed by atoms with van der Waals surface area (Å²) in [4.78, 5) is 23.2. The molecule has 0 saturated carbocycles. The van der Waals surface area contributed by atoms with Gasteiger partial charge in [-0.3, -0.25) is 14.9 Å². The van der Waals surface area contributed by atoms with Crippen molar-refractivity contribution in [3.63, 3.8) is 0 Å². The van der Waals surface area contributed by atoms with Crippen molar-refractivity contribution in [2.75, 3.05) is 28.9 Å². The molecule has 2 aliphatic heterocycles. The molecule has 1 aromatic rings. The third-order valence-corrected chi connectivity index (χ3v) is 3.91. The quantitative estimate of drug-likeness (QED) is 0.751. The zero-order chi connectivity index (χ0) is 14.1. The summed E-state index contributed by atoms with van der Waals surface area (Å²) in [6.45, 7) is -0.154. The average molecular weight is 297 g/mol. The van der Waals surface area contributed by atoms with Gasteiger partial charge >= 0.3 is 0 Å². The fourth-order valence-corrected chi connectivity index (χ4v) is 2.98. The van der Waals surface area contributed by atoms with Crippen LogP contribution in [0.25, 0.3) is 0 Å². The molecule has 1 fully saturated rings. The SMILES string of the molecule is O=C1COc2c(cc(F)cc2NC(=O)C2CSCN2)N1. The Bertz CT molecular complexity index is 575. The number of fused-ring (bicyclic) bond motifs is 1. The Morgan fingerprint density at radius 2 is 2.35 bits per heavy atom. The summed E-state index contributed by atoms with van der Waals surface area (Å²) in [5, 5.41) is 8.17. The summed E-state index contributed by atoms with van der Waals surface area (Å²) < 4.78 is 18.8. The summed E-state index contributed by atoms with van der Waals surface area (Å²) in [5.74, 6) is 0.508. The minimum Gasteiger partial charge on any atom is -0.479 e. The highest BCUT2D eigenvalue weighted by Gasteiger charge is 2.26. The Kier molecular flexibility index (Phi) is 3.49. The van der Waals surface area contributed by atoms with Crippen LogP contribution in [0.15, 0.2) is 12.1 Å². The van der Waals surface area contributed by atoms with Gasteiger partial charge in [0.05, 0.1) is 17.4 Å². The molecule has 3 rings (SSSR count). The van der Waals surface area contributed by atoms with Crippen molar-refractivity contribution < 1.29 is 18.7 Å². The van der Waals surface area contributed by atoms with Crippen LogP contribution in [0.1, 0.15) is 0 Å². The zero-order valence-corrected chi connectivity index (χ0v) is 11.2. The minimum absolute atomic E-state index is 0.154. The topological polar surface area (TPSA) is 79.5 Å². The second-order valence-electron chi connectivity index (χ2n) is 4.43. The molecular formula is C12H12FN3O3S. The molecule has 0 radical (unpaired) electrons. The second-order valence-corrected chi connectivity index (χ2v) is 5.46. The molecule has 2 aliphatic rings. The minimum atomic E-state index is -0.557. The van der Waals surface area contributed by atoms with Crippen LogP contribution in [0.5, 0.6) is 5.75 Å². The van der Waals surface area contributed by atoms with E-state index < -0.39 is 5.82 Å². The third kappa shape index (κ3) is 2.56. The second kappa shape index (κ2) is 5.29. The van der Waals surface area contributed by atoms with E-state index in [0.717, 1.165) is 6.07 Å². The van der Waals surface area contributed by atoms with Gasteiger partial charge in [-0.1, -0.05) is 0 Å². The van der Waals surface area contributed by atoms with Crippen LogP contribution < -0.4 is 20.7 Å². The summed E-state index contributed by atoms with van der Waals surface area (Å²) >= 11 is 1.62. The fourth-order valence-electron chi connectivity index (χ4n) is 2.04. The van der Waals surface area contributed by atoms with Crippen LogP contribution in [0.3, 0.4) is 0 Å². The van der Waals surface area contributed by atoms with Gasteiger partial charge in [-0.05, 0) is 0 Å². The Balaban J connectivity index is 1.85. The van der Waals surface area contributed by atoms with Gasteiger partial charge < -0.3 is 15.4 Å². The first kappa shape index (κ1) is 13.2. The third-order valence-electron chi connectivity index (χ3n) is 2.97. The molecule has 6 nitrogen and oxygen atoms in total. The summed E-state index contributed by atoms with van der Waals surface area (Å²) in [6.07, 6.45) is 0. The number of thioether (sulfide) groups is 1. The maximum absolute atomic E-state index is 13.5. The molecule has 3 N–H and O–H groups in total. The maximum Gasteiger partial charge on any atom is 0.262 e. The molecule has 1 saturated heterocycles. The Hall–Kier alpha value is -1.80. The molecule has 0 spiro atoms. The van der Waals surface area contributed by atoms with E-state index in [9.17, 15) is 14.0 Å². The van der Waals surface area contributed by atoms with Gasteiger partial charge in [0.2, 0.25) is 5.91 Å². The van der Waals surface area contributed by atoms with Gasteiger partial charge in [-0.25, -0.2) is 4.39 Å². The Labute approximate surface area is 118 Å². The lowest BCUT2D eigenvalue weighted by atomic mass is 10.2. The molecular weight excluding hydrogens is 285 g/mol. The van der Waals surface area contributed by atoms with E-state index in [1.54, 1.807) is 11.8 Å². The summed E-state index contributed by atoms with van der Waals surface area (Å²) in [7, 11) is 0. The zero-order valence-electron chi connectivity index (χ0n) is 10.4. The number of benzene rings is 1. The molecule has 1 aromatic carbocycles. The highest BCUT2D eigenvalue weighted by molar-refractivity contribution is 7.99. The smallest absolute Gasteiger partial charge is 0.262 e. The molecule has 0 aliphatic carbocycles. The molecule has 1 unspecified atom stereocenters. The number of rotatable bonds is 2. The summed E-state index contributed by atoms with van der Waals surface area (Å²) in [6, 6.07) is 2.03. The van der Waals surface area contributed by atoms with Gasteiger partial charge in [-0.15, -0.1) is 11.8 Å². The monoisotopic (exact) mass is 297 g/mol. The van der Waals surface area contributed by atoms with Crippen LogP contribution in [-0.2, 0) is 9.59 Å². The van der Waals surface area contributed by atoms with E-state index in [2.05, 4.69) is 16.0 Å². The molecule has 8 heteroatoms. The molecule has 2 amide bonds. The van der Waals surface area contributed by atoms with Crippen LogP contribution >= 0.6 is 11.8 Å². The molecule has 0 aromatic heterocycles. The number of carbonyl (C=O) groups excluding carboxylic acids is 2. The number of hydrogen-bond donors (Lipinski definition) is 3. The van der Waals surface area contributed by atoms with Gasteiger partial charge in [-0.2, -0.15) is 0 Å². The molecule has 20 heavy (non-hydrogen) atoms. The van der Waals surface area contributed by atoms with E-state index in [4.69, 9.17) is 4.74 Å². The van der Waals surface area contributed by atoms with Crippen LogP contribution in [0.4, 0.5) is 15.8 Å². The average Bonchev–Trinajstić information content (AvgIpc) is 2.91. The largest absolute Gasteiger partial charge is 0.479 e. The van der Waals surface area contributed by atoms with Crippen molar-refractivity contribution in [2.45, 2.75) is 6.04 Å². The fraction of sp³-hybridized carbons (Fsp3) is 0.333. The first-order valence-corrected chi connectivity index (χ1v) is 7.17. The number of anilines is 2. The van der Waals surface area contributed by atoms with E-state index in [-0.39, 0.29) is 41.6 Å². The summed E-state index contributed by atoms with van der Waals surface area (Å²) in [5.41, 5.74) is 0.453. The van der Waals surface area contributed by atoms with Crippen molar-refractivity contribution in [2.24, 2.45) is 0 Å². The first-order chi connectivity index (χ1) is 9.63. The van der Waals surface area contributed by atoms with Crippen LogP contribution in [-0.4, -0.2) is 36.1 Å². The maximum atomic E-state index is 13.5. The first-order valence-electron chi connectivity index (χ1n) is 6.01. The Morgan fingerprint density at radius 3 is 3.10 bits per heavy atom. The van der Waals surface area contributed by atoms with Crippen molar-refractivity contribution in [3.05, 3.63) is 17.9 Å². The van der Waals surface area contributed by atoms with Crippen molar-refractivity contribution in [3.8, 4) is 5.75 Å². The van der Waals surface area contributed by atoms with Gasteiger partial charge in [0.15, 0.2) is 12.4 Å². The number of hydrogen-bond acceptors (Lipinski definition) is 5. The number of halogens is 1. The number of ether oxygens (including phenoxy) is 1. The lowest BCUT2D eigenvalue weighted by Crippen LogP contribution is -2.37. The normalized spacial score (nSPS) is 20.9. The standard InChI is InChI=1S/C12H12FN3O3S/c13-6-1-7-11(19-3-10(17)15-7)8(2-6)16-12(18)9-4-20-5-14-9/h1-2,9,14H,3-5H2,(H,15,17)(H,16,18). The van der Waals surface area contributed by atoms with Gasteiger partial charge in [0.1, 0.15) is 5.82 Å². The predicted octanol–water partition coefficient (Wildman–Crippen LogP) is 0.758. The highest BCUT2D eigenvalue weighted by atomic mass is 32.2. The van der Waals surface area contributed by atoms with E-state index in [1.165, 1.54) is 6.07 Å². The van der Waals surface area contributed by atoms with Gasteiger partial charge in [0.25, 0.3) is 5.91 Å². The van der Waals surface area contributed by atoms with Crippen LogP contribution in [0.2, 0.25) is 0 Å². The molecule has 1 atom stereocenters. The lowest BCUT2D eigenvalue weighted by Gasteiger charge is -2.21. The predicted molar refractivity (Wildman–Crippen MR) is 73.4 cm³/mol. The van der Waals surface area contributed by atoms with Crippen molar-refractivity contribution >= 4 is 35.0 Å². The van der Waals surface area contributed by atoms with Crippen molar-refractivity contribution in [1.82, 2.24) is 5.32 Å². The van der Waals surface area contributed by atoms with Crippen LogP contribution in [0, 0.1) is 5.82 Å². The van der Waals surface area contributed by atoms with Gasteiger partial charge in [0, 0.05) is 23.8 Å². The highest BCUT2D eigenvalue weighted by Crippen LogP contribution is 2.36. The molecule has 0 bridgehead atoms. The number of carbonyl (C=O) groups is 2. The lowest BCUT2D eigenvalue weighted by molar-refractivity contribution is -0.118. The Morgan fingerprint density at radius 1 is 1.50 bits per heavy atom. The molecule has 2 heterocycles. The number of amides is 2. The van der Waals surface area contributed by atoms with Crippen molar-refractivity contribution in [1.29, 1.82) is 0 Å². The van der Waals surface area contributed by atoms with E-state index >= 15 is 0 Å².